The average molecular weight is 323 g/mol. The number of benzene rings is 1. The van der Waals surface area contributed by atoms with Gasteiger partial charge < -0.3 is 9.72 Å². The second-order valence-electron chi connectivity index (χ2n) is 6.18. The zero-order valence-electron chi connectivity index (χ0n) is 13.7. The smallest absolute Gasteiger partial charge is 0.136 e. The van der Waals surface area contributed by atoms with Gasteiger partial charge in [0, 0.05) is 37.1 Å². The zero-order valence-corrected chi connectivity index (χ0v) is 13.7. The minimum Gasteiger partial charge on any atom is -0.368 e. The molecule has 0 amide bonds. The number of rotatable bonds is 4. The van der Waals surface area contributed by atoms with Crippen LogP contribution in [0.1, 0.15) is 23.2 Å². The minimum atomic E-state index is -0.000439. The number of aryl methyl sites for hydroxylation is 1. The van der Waals surface area contributed by atoms with Gasteiger partial charge in [0.1, 0.15) is 11.9 Å². The lowest BCUT2D eigenvalue weighted by Crippen LogP contribution is -2.38. The van der Waals surface area contributed by atoms with E-state index in [1.54, 1.807) is 0 Å². The molecule has 24 heavy (non-hydrogen) atoms. The quantitative estimate of drug-likeness (QED) is 0.774. The lowest BCUT2D eigenvalue weighted by Gasteiger charge is -2.31. The third-order valence-electron chi connectivity index (χ3n) is 4.35. The number of nitrogens with zero attached hydrogens (tertiary/aromatic N) is 3. The maximum Gasteiger partial charge on any atom is 0.136 e. The van der Waals surface area contributed by atoms with Gasteiger partial charge in [0.25, 0.3) is 0 Å². The van der Waals surface area contributed by atoms with E-state index in [0.717, 1.165) is 42.4 Å². The van der Waals surface area contributed by atoms with Crippen LogP contribution in [0.2, 0.25) is 0 Å². The predicted octanol–water partition coefficient (Wildman–Crippen LogP) is 2.68. The lowest BCUT2D eigenvalue weighted by atomic mass is 10.1. The topological polar surface area (TPSA) is 69.8 Å². The molecule has 1 aromatic carbocycles. The Morgan fingerprint density at radius 1 is 1.25 bits per heavy atom. The van der Waals surface area contributed by atoms with Crippen LogP contribution in [0.3, 0.4) is 0 Å². The van der Waals surface area contributed by atoms with Gasteiger partial charge in [0.15, 0.2) is 0 Å². The second-order valence-corrected chi connectivity index (χ2v) is 6.18. The Hall–Kier alpha value is -2.44. The van der Waals surface area contributed by atoms with Crippen molar-refractivity contribution in [2.24, 2.45) is 0 Å². The van der Waals surface area contributed by atoms with E-state index < -0.39 is 0 Å². The highest BCUT2D eigenvalue weighted by molar-refractivity contribution is 5.62. The van der Waals surface area contributed by atoms with Crippen LogP contribution in [0.5, 0.6) is 0 Å². The minimum absolute atomic E-state index is 0.000439. The maximum absolute atomic E-state index is 5.88. The van der Waals surface area contributed by atoms with Crippen molar-refractivity contribution in [2.75, 3.05) is 19.7 Å². The molecule has 0 bridgehead atoms. The summed E-state index contributed by atoms with van der Waals surface area (Å²) in [5.41, 5.74) is 4.52. The molecular formula is C18H21N5O. The molecule has 6 nitrogen and oxygen atoms in total. The molecule has 4 rings (SSSR count). The van der Waals surface area contributed by atoms with E-state index >= 15 is 0 Å². The highest BCUT2D eigenvalue weighted by Crippen LogP contribution is 2.25. The summed E-state index contributed by atoms with van der Waals surface area (Å²) in [5.74, 6) is 0.910. The van der Waals surface area contributed by atoms with Gasteiger partial charge in [-0.2, -0.15) is 5.10 Å². The molecule has 3 heterocycles. The largest absolute Gasteiger partial charge is 0.368 e. The lowest BCUT2D eigenvalue weighted by molar-refractivity contribution is -0.0368. The highest BCUT2D eigenvalue weighted by Gasteiger charge is 2.25. The van der Waals surface area contributed by atoms with Crippen LogP contribution in [0.15, 0.2) is 42.7 Å². The third kappa shape index (κ3) is 3.11. The normalized spacial score (nSPS) is 18.8. The Morgan fingerprint density at radius 2 is 2.12 bits per heavy atom. The van der Waals surface area contributed by atoms with Crippen LogP contribution in [0.25, 0.3) is 11.3 Å². The molecule has 3 aromatic rings. The first-order valence-corrected chi connectivity index (χ1v) is 8.23. The molecule has 1 atom stereocenters. The number of nitrogens with one attached hydrogen (secondary N) is 2. The van der Waals surface area contributed by atoms with Crippen molar-refractivity contribution in [3.8, 4) is 11.3 Å². The van der Waals surface area contributed by atoms with Crippen LogP contribution in [0, 0.1) is 6.92 Å². The molecule has 0 radical (unpaired) electrons. The van der Waals surface area contributed by atoms with Crippen molar-refractivity contribution >= 4 is 0 Å². The van der Waals surface area contributed by atoms with Gasteiger partial charge in [-0.1, -0.05) is 30.3 Å². The van der Waals surface area contributed by atoms with E-state index in [9.17, 15) is 0 Å². The number of H-pyrrole nitrogens is 2. The summed E-state index contributed by atoms with van der Waals surface area (Å²) in [4.78, 5) is 10.1. The van der Waals surface area contributed by atoms with Gasteiger partial charge in [-0.25, -0.2) is 4.98 Å². The third-order valence-corrected chi connectivity index (χ3v) is 4.35. The molecule has 0 unspecified atom stereocenters. The number of morpholine rings is 1. The van der Waals surface area contributed by atoms with Gasteiger partial charge in [0.2, 0.25) is 0 Å². The Bertz CT molecular complexity index is 795. The van der Waals surface area contributed by atoms with Crippen molar-refractivity contribution in [2.45, 2.75) is 19.6 Å². The summed E-state index contributed by atoms with van der Waals surface area (Å²) in [7, 11) is 0. The molecule has 1 aliphatic rings. The molecule has 124 valence electrons. The molecule has 6 heteroatoms. The van der Waals surface area contributed by atoms with Gasteiger partial charge in [0.05, 0.1) is 18.5 Å². The number of aromatic amines is 2. The Morgan fingerprint density at radius 3 is 2.92 bits per heavy atom. The first-order chi connectivity index (χ1) is 11.8. The van der Waals surface area contributed by atoms with Crippen molar-refractivity contribution in [1.82, 2.24) is 25.1 Å². The summed E-state index contributed by atoms with van der Waals surface area (Å²) in [6.45, 7) is 5.31. The highest BCUT2D eigenvalue weighted by atomic mass is 16.5. The maximum atomic E-state index is 5.88. The SMILES string of the molecule is Cc1cnc([C@@H]2CN(Cc3cn[nH]c3-c3ccccc3)CCO2)[nH]1. The standard InChI is InChI=1S/C18H21N5O/c1-13-9-19-18(21-13)16-12-23(7-8-24-16)11-15-10-20-22-17(15)14-5-3-2-4-6-14/h2-6,9-10,16H,7-8,11-12H2,1H3,(H,19,21)(H,20,22)/t16-/m0/s1. The number of aromatic nitrogens is 4. The molecule has 0 spiro atoms. The summed E-state index contributed by atoms with van der Waals surface area (Å²) in [5, 5.41) is 7.37. The van der Waals surface area contributed by atoms with Crippen molar-refractivity contribution in [3.63, 3.8) is 0 Å². The van der Waals surface area contributed by atoms with Crippen LogP contribution >= 0.6 is 0 Å². The number of imidazole rings is 1. The Balaban J connectivity index is 1.49. The first kappa shape index (κ1) is 15.1. The summed E-state index contributed by atoms with van der Waals surface area (Å²) in [6, 6.07) is 10.3. The van der Waals surface area contributed by atoms with E-state index in [0.29, 0.717) is 6.61 Å². The van der Waals surface area contributed by atoms with E-state index in [2.05, 4.69) is 37.2 Å². The Labute approximate surface area is 140 Å². The van der Waals surface area contributed by atoms with Gasteiger partial charge in [-0.15, -0.1) is 0 Å². The number of hydrogen-bond donors (Lipinski definition) is 2. The predicted molar refractivity (Wildman–Crippen MR) is 91.3 cm³/mol. The number of hydrogen-bond acceptors (Lipinski definition) is 4. The summed E-state index contributed by atoms with van der Waals surface area (Å²) >= 11 is 0. The second kappa shape index (κ2) is 6.59. The fourth-order valence-electron chi connectivity index (χ4n) is 3.13. The summed E-state index contributed by atoms with van der Waals surface area (Å²) < 4.78 is 5.88. The van der Waals surface area contributed by atoms with Crippen LogP contribution in [-0.4, -0.2) is 44.8 Å². The molecule has 2 aromatic heterocycles. The van der Waals surface area contributed by atoms with E-state index in [1.807, 2.05) is 37.5 Å². The Kier molecular flexibility index (Phi) is 4.15. The fourth-order valence-corrected chi connectivity index (χ4v) is 3.13. The van der Waals surface area contributed by atoms with Crippen LogP contribution < -0.4 is 0 Å². The van der Waals surface area contributed by atoms with Crippen LogP contribution in [-0.2, 0) is 11.3 Å². The number of ether oxygens (including phenoxy) is 1. The molecule has 2 N–H and O–H groups in total. The zero-order chi connectivity index (χ0) is 16.4. The van der Waals surface area contributed by atoms with Crippen molar-refractivity contribution < 1.29 is 4.74 Å². The summed E-state index contributed by atoms with van der Waals surface area (Å²) in [6.07, 6.45) is 3.77. The molecule has 0 saturated carbocycles. The van der Waals surface area contributed by atoms with Crippen molar-refractivity contribution in [3.05, 3.63) is 59.8 Å². The van der Waals surface area contributed by atoms with Crippen molar-refractivity contribution in [1.29, 1.82) is 0 Å². The molecule has 1 saturated heterocycles. The monoisotopic (exact) mass is 323 g/mol. The van der Waals surface area contributed by atoms with E-state index in [1.165, 1.54) is 5.56 Å². The first-order valence-electron chi connectivity index (χ1n) is 8.23. The molecule has 1 fully saturated rings. The van der Waals surface area contributed by atoms with Crippen LogP contribution in [0.4, 0.5) is 0 Å². The van der Waals surface area contributed by atoms with Gasteiger partial charge >= 0.3 is 0 Å². The van der Waals surface area contributed by atoms with Gasteiger partial charge in [-0.3, -0.25) is 10.00 Å². The van der Waals surface area contributed by atoms with E-state index in [4.69, 9.17) is 4.74 Å². The van der Waals surface area contributed by atoms with Gasteiger partial charge in [-0.05, 0) is 12.5 Å². The fraction of sp³-hybridized carbons (Fsp3) is 0.333. The molecule has 0 aliphatic carbocycles. The molecular weight excluding hydrogens is 302 g/mol. The average Bonchev–Trinajstić information content (AvgIpc) is 3.25. The molecule has 1 aliphatic heterocycles. The van der Waals surface area contributed by atoms with E-state index in [-0.39, 0.29) is 6.10 Å².